The number of rotatable bonds is 2. The molecule has 2 radical (unpaired) electrons. The molecule has 0 aliphatic heterocycles. The Morgan fingerprint density at radius 1 is 1.15 bits per heavy atom. The van der Waals surface area contributed by atoms with E-state index in [1.54, 1.807) is 0 Å². The minimum atomic E-state index is 0.251. The fourth-order valence-electron chi connectivity index (χ4n) is 1.58. The van der Waals surface area contributed by atoms with E-state index < -0.39 is 0 Å². The zero-order valence-corrected chi connectivity index (χ0v) is 9.02. The van der Waals surface area contributed by atoms with E-state index in [1.165, 1.54) is 22.3 Å². The van der Waals surface area contributed by atoms with Crippen LogP contribution in [0.3, 0.4) is 0 Å². The topological polar surface area (TPSA) is 0 Å². The molecule has 0 aliphatic carbocycles. The zero-order valence-electron chi connectivity index (χ0n) is 9.02. The van der Waals surface area contributed by atoms with Crippen molar-refractivity contribution in [2.45, 2.75) is 39.9 Å². The summed E-state index contributed by atoms with van der Waals surface area (Å²) in [6.07, 6.45) is 0.979. The average molecular weight is 172 g/mol. The summed E-state index contributed by atoms with van der Waals surface area (Å²) in [7, 11) is 5.78. The van der Waals surface area contributed by atoms with Gasteiger partial charge in [-0.2, -0.15) is 0 Å². The molecule has 0 fully saturated rings. The maximum Gasteiger partial charge on any atom is 0.0700 e. The van der Waals surface area contributed by atoms with Gasteiger partial charge in [-0.25, -0.2) is 0 Å². The second kappa shape index (κ2) is 4.00. The predicted molar refractivity (Wildman–Crippen MR) is 59.5 cm³/mol. The summed E-state index contributed by atoms with van der Waals surface area (Å²) in [5.74, 6) is 0.251. The summed E-state index contributed by atoms with van der Waals surface area (Å²) < 4.78 is 0. The molecule has 1 rings (SSSR count). The molecule has 1 atom stereocenters. The van der Waals surface area contributed by atoms with E-state index in [-0.39, 0.29) is 5.82 Å². The molecule has 0 nitrogen and oxygen atoms in total. The molecule has 13 heavy (non-hydrogen) atoms. The lowest BCUT2D eigenvalue weighted by atomic mass is 9.82. The Kier molecular flexibility index (Phi) is 3.19. The lowest BCUT2D eigenvalue weighted by molar-refractivity contribution is 0.903. The molecule has 0 saturated heterocycles. The monoisotopic (exact) mass is 172 g/mol. The van der Waals surface area contributed by atoms with Crippen molar-refractivity contribution in [3.63, 3.8) is 0 Å². The van der Waals surface area contributed by atoms with Gasteiger partial charge in [0, 0.05) is 0 Å². The van der Waals surface area contributed by atoms with Crippen LogP contribution in [0.4, 0.5) is 0 Å². The molecule has 0 amide bonds. The van der Waals surface area contributed by atoms with Gasteiger partial charge < -0.3 is 0 Å². The summed E-state index contributed by atoms with van der Waals surface area (Å²) >= 11 is 0. The molecular weight excluding hydrogens is 155 g/mol. The van der Waals surface area contributed by atoms with Gasteiger partial charge in [0.2, 0.25) is 0 Å². The molecule has 1 heteroatoms. The Morgan fingerprint density at radius 3 is 2.31 bits per heavy atom. The highest BCUT2D eigenvalue weighted by Crippen LogP contribution is 2.20. The standard InChI is InChI=1S/C12H17B/c1-8-5-6-12(7-9(2)13)11(4)10(8)3/h5-6,9H,7H2,1-4H3. The van der Waals surface area contributed by atoms with Crippen molar-refractivity contribution in [1.82, 2.24) is 0 Å². The molecule has 0 aromatic heterocycles. The van der Waals surface area contributed by atoms with Crippen LogP contribution in [0.15, 0.2) is 12.1 Å². The SMILES string of the molecule is [B]C(C)Cc1ccc(C)c(C)c1C. The van der Waals surface area contributed by atoms with Crippen LogP contribution in [0.5, 0.6) is 0 Å². The normalized spacial score (nSPS) is 12.9. The van der Waals surface area contributed by atoms with Crippen molar-refractivity contribution in [3.05, 3.63) is 34.4 Å². The number of aryl methyl sites for hydroxylation is 1. The van der Waals surface area contributed by atoms with Gasteiger partial charge in [0.05, 0.1) is 7.85 Å². The molecule has 0 N–H and O–H groups in total. The van der Waals surface area contributed by atoms with Crippen molar-refractivity contribution < 1.29 is 0 Å². The van der Waals surface area contributed by atoms with Crippen LogP contribution in [0.2, 0.25) is 5.82 Å². The molecular formula is C12H17B. The van der Waals surface area contributed by atoms with Crippen molar-refractivity contribution >= 4 is 7.85 Å². The summed E-state index contributed by atoms with van der Waals surface area (Å²) in [6.45, 7) is 8.56. The lowest BCUT2D eigenvalue weighted by Gasteiger charge is -2.12. The second-order valence-electron chi connectivity index (χ2n) is 3.97. The average Bonchev–Trinajstić information content (AvgIpc) is 2.06. The number of hydrogen-bond donors (Lipinski definition) is 0. The molecule has 1 aromatic carbocycles. The first kappa shape index (κ1) is 10.4. The van der Waals surface area contributed by atoms with Gasteiger partial charge in [-0.1, -0.05) is 24.9 Å². The third-order valence-corrected chi connectivity index (χ3v) is 2.71. The quantitative estimate of drug-likeness (QED) is 0.601. The van der Waals surface area contributed by atoms with Crippen LogP contribution < -0.4 is 0 Å². The van der Waals surface area contributed by atoms with Gasteiger partial charge in [0.15, 0.2) is 0 Å². The first-order valence-electron chi connectivity index (χ1n) is 4.83. The summed E-state index contributed by atoms with van der Waals surface area (Å²) in [5, 5.41) is 0. The number of benzene rings is 1. The highest BCUT2D eigenvalue weighted by molar-refractivity contribution is 6.11. The van der Waals surface area contributed by atoms with Gasteiger partial charge in [-0.05, 0) is 49.4 Å². The molecule has 0 heterocycles. The maximum absolute atomic E-state index is 5.78. The third-order valence-electron chi connectivity index (χ3n) is 2.71. The van der Waals surface area contributed by atoms with Gasteiger partial charge in [-0.15, -0.1) is 0 Å². The van der Waals surface area contributed by atoms with E-state index in [0.29, 0.717) is 0 Å². The fourth-order valence-corrected chi connectivity index (χ4v) is 1.58. The Morgan fingerprint density at radius 2 is 1.77 bits per heavy atom. The smallest absolute Gasteiger partial charge is 0.0700 e. The van der Waals surface area contributed by atoms with Gasteiger partial charge >= 0.3 is 0 Å². The summed E-state index contributed by atoms with van der Waals surface area (Å²) in [6, 6.07) is 4.38. The first-order chi connectivity index (χ1) is 6.02. The Hall–Kier alpha value is -0.715. The summed E-state index contributed by atoms with van der Waals surface area (Å²) in [4.78, 5) is 0. The van der Waals surface area contributed by atoms with Gasteiger partial charge in [-0.3, -0.25) is 0 Å². The molecule has 0 spiro atoms. The molecule has 1 unspecified atom stereocenters. The minimum Gasteiger partial charge on any atom is -0.0762 e. The second-order valence-corrected chi connectivity index (χ2v) is 3.97. The Labute approximate surface area is 82.8 Å². The number of hydrogen-bond acceptors (Lipinski definition) is 0. The lowest BCUT2D eigenvalue weighted by Crippen LogP contribution is -1.98. The first-order valence-corrected chi connectivity index (χ1v) is 4.83. The van der Waals surface area contributed by atoms with Crippen molar-refractivity contribution in [3.8, 4) is 0 Å². The van der Waals surface area contributed by atoms with Crippen LogP contribution in [-0.2, 0) is 6.42 Å². The molecule has 0 saturated carbocycles. The van der Waals surface area contributed by atoms with E-state index in [9.17, 15) is 0 Å². The molecule has 1 aromatic rings. The van der Waals surface area contributed by atoms with Crippen molar-refractivity contribution in [2.24, 2.45) is 0 Å². The highest BCUT2D eigenvalue weighted by atomic mass is 14.1. The summed E-state index contributed by atoms with van der Waals surface area (Å²) in [5.41, 5.74) is 5.56. The molecule has 68 valence electrons. The van der Waals surface area contributed by atoms with E-state index in [0.717, 1.165) is 6.42 Å². The highest BCUT2D eigenvalue weighted by Gasteiger charge is 2.04. The minimum absolute atomic E-state index is 0.251. The van der Waals surface area contributed by atoms with Gasteiger partial charge in [0.25, 0.3) is 0 Å². The van der Waals surface area contributed by atoms with E-state index in [2.05, 4.69) is 39.8 Å². The largest absolute Gasteiger partial charge is 0.0762 e. The Balaban J connectivity index is 3.04. The van der Waals surface area contributed by atoms with E-state index >= 15 is 0 Å². The molecule has 0 bridgehead atoms. The van der Waals surface area contributed by atoms with Crippen LogP contribution in [0.25, 0.3) is 0 Å². The van der Waals surface area contributed by atoms with E-state index in [1.807, 2.05) is 0 Å². The fraction of sp³-hybridized carbons (Fsp3) is 0.500. The predicted octanol–water partition coefficient (Wildman–Crippen LogP) is 3.13. The van der Waals surface area contributed by atoms with E-state index in [4.69, 9.17) is 7.85 Å². The maximum atomic E-state index is 5.78. The van der Waals surface area contributed by atoms with Crippen LogP contribution >= 0.6 is 0 Å². The van der Waals surface area contributed by atoms with Crippen molar-refractivity contribution in [2.75, 3.05) is 0 Å². The van der Waals surface area contributed by atoms with Crippen LogP contribution in [-0.4, -0.2) is 7.85 Å². The Bertz CT molecular complexity index is 300. The third kappa shape index (κ3) is 2.36. The van der Waals surface area contributed by atoms with Crippen molar-refractivity contribution in [1.29, 1.82) is 0 Å². The van der Waals surface area contributed by atoms with Crippen LogP contribution in [0.1, 0.15) is 29.2 Å². The molecule has 0 aliphatic rings. The van der Waals surface area contributed by atoms with Gasteiger partial charge in [0.1, 0.15) is 0 Å². The van der Waals surface area contributed by atoms with Crippen LogP contribution in [0, 0.1) is 20.8 Å². The zero-order chi connectivity index (χ0) is 10.0.